The van der Waals surface area contributed by atoms with Crippen molar-refractivity contribution in [1.29, 1.82) is 0 Å². The molecule has 0 rings (SSSR count). The van der Waals surface area contributed by atoms with E-state index < -0.39 is 6.10 Å². The number of carbonyl (C=O) groups excluding carboxylic acids is 1. The van der Waals surface area contributed by atoms with E-state index in [1.807, 2.05) is 0 Å². The van der Waals surface area contributed by atoms with E-state index in [4.69, 9.17) is 10.2 Å². The van der Waals surface area contributed by atoms with Gasteiger partial charge in [0, 0.05) is 13.0 Å². The topological polar surface area (TPSA) is 69.6 Å². The Balaban J connectivity index is 3.22. The SMILES string of the molecule is CCCCCCCCCC(=O)NCC(O)CO. The second-order valence-corrected chi connectivity index (χ2v) is 4.51. The summed E-state index contributed by atoms with van der Waals surface area (Å²) in [5, 5.41) is 20.2. The van der Waals surface area contributed by atoms with Crippen LogP contribution in [0.25, 0.3) is 0 Å². The first kappa shape index (κ1) is 16.4. The highest BCUT2D eigenvalue weighted by molar-refractivity contribution is 5.75. The number of nitrogens with one attached hydrogen (secondary N) is 1. The molecule has 0 aromatic carbocycles. The molecule has 0 heterocycles. The van der Waals surface area contributed by atoms with Crippen molar-refractivity contribution in [2.75, 3.05) is 13.2 Å². The molecule has 102 valence electrons. The predicted molar refractivity (Wildman–Crippen MR) is 68.7 cm³/mol. The molecule has 0 aliphatic rings. The summed E-state index contributed by atoms with van der Waals surface area (Å²) in [5.74, 6) is -0.0361. The molecule has 0 bridgehead atoms. The zero-order chi connectivity index (χ0) is 12.9. The molecular weight excluding hydrogens is 218 g/mol. The third kappa shape index (κ3) is 11.6. The van der Waals surface area contributed by atoms with Crippen molar-refractivity contribution in [2.24, 2.45) is 0 Å². The molecule has 1 unspecified atom stereocenters. The first-order valence-corrected chi connectivity index (χ1v) is 6.76. The Kier molecular flexibility index (Phi) is 11.4. The third-order valence-electron chi connectivity index (χ3n) is 2.75. The predicted octanol–water partition coefficient (Wildman–Crippen LogP) is 1.60. The minimum atomic E-state index is -0.840. The lowest BCUT2D eigenvalue weighted by Crippen LogP contribution is -2.33. The number of rotatable bonds is 11. The van der Waals surface area contributed by atoms with Crippen LogP contribution in [0.15, 0.2) is 0 Å². The molecule has 0 saturated heterocycles. The number of hydrogen-bond donors (Lipinski definition) is 3. The van der Waals surface area contributed by atoms with E-state index in [9.17, 15) is 4.79 Å². The van der Waals surface area contributed by atoms with E-state index in [0.717, 1.165) is 12.8 Å². The highest BCUT2D eigenvalue weighted by Crippen LogP contribution is 2.08. The molecule has 0 aliphatic carbocycles. The number of amides is 1. The largest absolute Gasteiger partial charge is 0.394 e. The Hall–Kier alpha value is -0.610. The summed E-state index contributed by atoms with van der Waals surface area (Å²) in [6.45, 7) is 2.04. The van der Waals surface area contributed by atoms with Gasteiger partial charge in [-0.2, -0.15) is 0 Å². The van der Waals surface area contributed by atoms with E-state index in [0.29, 0.717) is 6.42 Å². The second kappa shape index (κ2) is 11.9. The zero-order valence-electron chi connectivity index (χ0n) is 11.0. The summed E-state index contributed by atoms with van der Waals surface area (Å²) < 4.78 is 0. The molecule has 4 nitrogen and oxygen atoms in total. The van der Waals surface area contributed by atoms with Crippen molar-refractivity contribution < 1.29 is 15.0 Å². The average Bonchev–Trinajstić information content (AvgIpc) is 2.34. The van der Waals surface area contributed by atoms with Crippen molar-refractivity contribution in [3.05, 3.63) is 0 Å². The van der Waals surface area contributed by atoms with Crippen molar-refractivity contribution in [1.82, 2.24) is 5.32 Å². The maximum absolute atomic E-state index is 11.3. The van der Waals surface area contributed by atoms with Crippen molar-refractivity contribution in [3.8, 4) is 0 Å². The standard InChI is InChI=1S/C13H27NO3/c1-2-3-4-5-6-7-8-9-13(17)14-10-12(16)11-15/h12,15-16H,2-11H2,1H3,(H,14,17). The van der Waals surface area contributed by atoms with Gasteiger partial charge in [0.1, 0.15) is 0 Å². The zero-order valence-corrected chi connectivity index (χ0v) is 11.0. The summed E-state index contributed by atoms with van der Waals surface area (Å²) in [4.78, 5) is 11.3. The minimum Gasteiger partial charge on any atom is -0.394 e. The van der Waals surface area contributed by atoms with E-state index in [1.54, 1.807) is 0 Å². The van der Waals surface area contributed by atoms with Crippen LogP contribution in [0.5, 0.6) is 0 Å². The Labute approximate surface area is 104 Å². The van der Waals surface area contributed by atoms with Gasteiger partial charge in [-0.1, -0.05) is 45.4 Å². The highest BCUT2D eigenvalue weighted by Gasteiger charge is 2.05. The normalized spacial score (nSPS) is 12.4. The Bertz CT molecular complexity index is 186. The Morgan fingerprint density at radius 3 is 2.29 bits per heavy atom. The van der Waals surface area contributed by atoms with Crippen LogP contribution in [0.3, 0.4) is 0 Å². The molecule has 0 aromatic heterocycles. The summed E-state index contributed by atoms with van der Waals surface area (Å²) in [6, 6.07) is 0. The lowest BCUT2D eigenvalue weighted by molar-refractivity contribution is -0.121. The fraction of sp³-hybridized carbons (Fsp3) is 0.923. The highest BCUT2D eigenvalue weighted by atomic mass is 16.3. The van der Waals surface area contributed by atoms with Gasteiger partial charge in [-0.25, -0.2) is 0 Å². The number of carbonyl (C=O) groups is 1. The average molecular weight is 245 g/mol. The Morgan fingerprint density at radius 1 is 1.12 bits per heavy atom. The van der Waals surface area contributed by atoms with Crippen LogP contribution in [0.2, 0.25) is 0 Å². The lowest BCUT2D eigenvalue weighted by Gasteiger charge is -2.08. The van der Waals surface area contributed by atoms with Gasteiger partial charge < -0.3 is 15.5 Å². The van der Waals surface area contributed by atoms with E-state index >= 15 is 0 Å². The number of hydrogen-bond acceptors (Lipinski definition) is 3. The van der Waals surface area contributed by atoms with Gasteiger partial charge in [0.05, 0.1) is 12.7 Å². The first-order valence-electron chi connectivity index (χ1n) is 6.76. The molecule has 17 heavy (non-hydrogen) atoms. The molecule has 0 aromatic rings. The summed E-state index contributed by atoms with van der Waals surface area (Å²) in [7, 11) is 0. The minimum absolute atomic E-state index is 0.0361. The van der Waals surface area contributed by atoms with Crippen LogP contribution in [0.1, 0.15) is 58.3 Å². The second-order valence-electron chi connectivity index (χ2n) is 4.51. The molecule has 1 atom stereocenters. The quantitative estimate of drug-likeness (QED) is 0.484. The molecule has 0 aliphatic heterocycles. The van der Waals surface area contributed by atoms with Crippen LogP contribution >= 0.6 is 0 Å². The van der Waals surface area contributed by atoms with Crippen molar-refractivity contribution in [2.45, 2.75) is 64.4 Å². The maximum Gasteiger partial charge on any atom is 0.220 e. The van der Waals surface area contributed by atoms with Gasteiger partial charge in [0.2, 0.25) is 5.91 Å². The van der Waals surface area contributed by atoms with Crippen molar-refractivity contribution >= 4 is 5.91 Å². The van der Waals surface area contributed by atoms with Crippen LogP contribution in [-0.2, 0) is 4.79 Å². The lowest BCUT2D eigenvalue weighted by atomic mass is 10.1. The van der Waals surface area contributed by atoms with Crippen molar-refractivity contribution in [3.63, 3.8) is 0 Å². The maximum atomic E-state index is 11.3. The van der Waals surface area contributed by atoms with Crippen LogP contribution in [0, 0.1) is 0 Å². The van der Waals surface area contributed by atoms with E-state index in [-0.39, 0.29) is 19.1 Å². The first-order chi connectivity index (χ1) is 8.20. The number of unbranched alkanes of at least 4 members (excludes halogenated alkanes) is 6. The molecular formula is C13H27NO3. The smallest absolute Gasteiger partial charge is 0.220 e. The summed E-state index contributed by atoms with van der Waals surface area (Å²) in [5.41, 5.74) is 0. The van der Waals surface area contributed by atoms with Gasteiger partial charge in [0.15, 0.2) is 0 Å². The van der Waals surface area contributed by atoms with E-state index in [1.165, 1.54) is 32.1 Å². The van der Waals surface area contributed by atoms with Gasteiger partial charge in [-0.05, 0) is 6.42 Å². The van der Waals surface area contributed by atoms with Crippen LogP contribution in [0.4, 0.5) is 0 Å². The monoisotopic (exact) mass is 245 g/mol. The van der Waals surface area contributed by atoms with Crippen LogP contribution < -0.4 is 5.32 Å². The van der Waals surface area contributed by atoms with Gasteiger partial charge in [-0.15, -0.1) is 0 Å². The molecule has 0 fully saturated rings. The summed E-state index contributed by atoms with van der Waals surface area (Å²) in [6.07, 6.45) is 8.01. The fourth-order valence-electron chi connectivity index (χ4n) is 1.63. The Morgan fingerprint density at radius 2 is 1.71 bits per heavy atom. The molecule has 0 spiro atoms. The van der Waals surface area contributed by atoms with Gasteiger partial charge in [-0.3, -0.25) is 4.79 Å². The number of aliphatic hydroxyl groups excluding tert-OH is 2. The molecule has 0 saturated carbocycles. The molecule has 3 N–H and O–H groups in total. The summed E-state index contributed by atoms with van der Waals surface area (Å²) >= 11 is 0. The fourth-order valence-corrected chi connectivity index (χ4v) is 1.63. The van der Waals surface area contributed by atoms with E-state index in [2.05, 4.69) is 12.2 Å². The van der Waals surface area contributed by atoms with Gasteiger partial charge in [0.25, 0.3) is 0 Å². The molecule has 0 radical (unpaired) electrons. The van der Waals surface area contributed by atoms with Crippen LogP contribution in [-0.4, -0.2) is 35.4 Å². The molecule has 4 heteroatoms. The molecule has 1 amide bonds. The third-order valence-corrected chi connectivity index (χ3v) is 2.75. The number of aliphatic hydroxyl groups is 2. The van der Waals surface area contributed by atoms with Gasteiger partial charge >= 0.3 is 0 Å².